The Balaban J connectivity index is 1.45. The summed E-state index contributed by atoms with van der Waals surface area (Å²) >= 11 is 0. The maximum absolute atomic E-state index is 9.67. The molecule has 0 saturated heterocycles. The first-order valence-corrected chi connectivity index (χ1v) is 15.8. The van der Waals surface area contributed by atoms with E-state index in [0.717, 1.165) is 56.2 Å². The highest BCUT2D eigenvalue weighted by Crippen LogP contribution is 2.46. The molecule has 4 aromatic carbocycles. The zero-order valence-electron chi connectivity index (χ0n) is 26.1. The average molecular weight is 621 g/mol. The molecule has 0 heterocycles. The van der Waals surface area contributed by atoms with Crippen molar-refractivity contribution >= 4 is 16.3 Å². The van der Waals surface area contributed by atoms with E-state index in [1.807, 2.05) is 84.9 Å². The number of allylic oxidation sites excluding steroid dienone is 7. The van der Waals surface area contributed by atoms with Crippen molar-refractivity contribution in [2.24, 2.45) is 5.92 Å². The summed E-state index contributed by atoms with van der Waals surface area (Å²) in [5, 5.41) is 20.8. The first kappa shape index (κ1) is 31.7. The summed E-state index contributed by atoms with van der Waals surface area (Å²) in [4.78, 5) is 0. The lowest BCUT2D eigenvalue weighted by Gasteiger charge is -2.30. The van der Waals surface area contributed by atoms with Gasteiger partial charge in [-0.3, -0.25) is 0 Å². The van der Waals surface area contributed by atoms with E-state index in [2.05, 4.69) is 54.0 Å². The Morgan fingerprint density at radius 1 is 0.660 bits per heavy atom. The molecule has 0 fully saturated rings. The molecule has 1 atom stereocenters. The Hall–Kier alpha value is -5.30. The zero-order chi connectivity index (χ0) is 32.3. The van der Waals surface area contributed by atoms with Gasteiger partial charge < -0.3 is 24.4 Å². The van der Waals surface area contributed by atoms with Gasteiger partial charge in [0.2, 0.25) is 0 Å². The van der Waals surface area contributed by atoms with E-state index in [9.17, 15) is 5.11 Å². The minimum absolute atomic E-state index is 0.0382. The largest absolute Gasteiger partial charge is 0.491 e. The van der Waals surface area contributed by atoms with Gasteiger partial charge in [0.25, 0.3) is 0 Å². The van der Waals surface area contributed by atoms with Gasteiger partial charge in [0.05, 0.1) is 26.4 Å². The van der Waals surface area contributed by atoms with Gasteiger partial charge in [-0.05, 0) is 71.3 Å². The molecule has 0 aliphatic heterocycles. The van der Waals surface area contributed by atoms with Gasteiger partial charge in [-0.25, -0.2) is 0 Å². The first-order chi connectivity index (χ1) is 23.2. The predicted octanol–water partition coefficient (Wildman–Crippen LogP) is 6.84. The normalized spacial score (nSPS) is 15.1. The van der Waals surface area contributed by atoms with Crippen LogP contribution in [0.2, 0.25) is 0 Å². The third-order valence-electron chi connectivity index (χ3n) is 7.89. The molecule has 1 unspecified atom stereocenters. The van der Waals surface area contributed by atoms with Crippen LogP contribution in [0.5, 0.6) is 5.75 Å². The molecule has 2 N–H and O–H groups in total. The molecule has 0 radical (unpaired) electrons. The molecule has 234 valence electrons. The number of aliphatic hydroxyl groups excluding tert-OH is 2. The van der Waals surface area contributed by atoms with Crippen LogP contribution in [0.1, 0.15) is 28.7 Å². The highest BCUT2D eigenvalue weighted by molar-refractivity contribution is 6.02. The molecule has 6 rings (SSSR count). The summed E-state index contributed by atoms with van der Waals surface area (Å²) < 4.78 is 18.0. The standard InChI is InChI=1S/C42H36O5/c43-23-25-45-27-28-47-40-22-18-36-30-34(14-12-32-9-5-2-6-10-32)16-20-38(36)42(40)41-37-19-15-33(13-11-31-7-3-1-4-8-31)29-35(37)17-21-39(41)46-26-24-44/h1-10,15-22,29,36,43-44H,23-28,30H2. The van der Waals surface area contributed by atoms with E-state index in [-0.39, 0.29) is 32.3 Å². The maximum atomic E-state index is 9.67. The van der Waals surface area contributed by atoms with Crippen molar-refractivity contribution in [3.63, 3.8) is 0 Å². The monoisotopic (exact) mass is 620 g/mol. The van der Waals surface area contributed by atoms with Gasteiger partial charge in [0, 0.05) is 39.3 Å². The molecule has 0 spiro atoms. The third kappa shape index (κ3) is 7.93. The lowest BCUT2D eigenvalue weighted by Crippen LogP contribution is -2.16. The Bertz CT molecular complexity index is 1960. The lowest BCUT2D eigenvalue weighted by atomic mass is 9.76. The van der Waals surface area contributed by atoms with Gasteiger partial charge in [-0.15, -0.1) is 0 Å². The topological polar surface area (TPSA) is 68.2 Å². The van der Waals surface area contributed by atoms with Gasteiger partial charge >= 0.3 is 0 Å². The van der Waals surface area contributed by atoms with Gasteiger partial charge in [-0.1, -0.05) is 90.4 Å². The Labute approximate surface area is 276 Å². The fraction of sp³-hybridized carbons (Fsp3) is 0.190. The average Bonchev–Trinajstić information content (AvgIpc) is 3.12. The fourth-order valence-corrected chi connectivity index (χ4v) is 5.72. The molecule has 0 aromatic heterocycles. The van der Waals surface area contributed by atoms with Crippen LogP contribution in [0.3, 0.4) is 0 Å². The Kier molecular flexibility index (Phi) is 10.7. The smallest absolute Gasteiger partial charge is 0.128 e. The number of benzene rings is 4. The molecular weight excluding hydrogens is 584 g/mol. The van der Waals surface area contributed by atoms with Crippen LogP contribution in [-0.4, -0.2) is 49.9 Å². The van der Waals surface area contributed by atoms with Crippen LogP contribution in [0.15, 0.2) is 132 Å². The van der Waals surface area contributed by atoms with Crippen LogP contribution in [0.4, 0.5) is 0 Å². The van der Waals surface area contributed by atoms with E-state index in [1.165, 1.54) is 0 Å². The summed E-state index contributed by atoms with van der Waals surface area (Å²) in [7, 11) is 0. The maximum Gasteiger partial charge on any atom is 0.128 e. The fourth-order valence-electron chi connectivity index (χ4n) is 5.72. The molecule has 4 aromatic rings. The third-order valence-corrected chi connectivity index (χ3v) is 7.89. The van der Waals surface area contributed by atoms with Gasteiger partial charge in [0.15, 0.2) is 0 Å². The molecule has 0 saturated carbocycles. The van der Waals surface area contributed by atoms with Gasteiger partial charge in [-0.2, -0.15) is 0 Å². The quantitative estimate of drug-likeness (QED) is 0.150. The number of fused-ring (bicyclic) bond motifs is 2. The number of aliphatic hydroxyl groups is 2. The summed E-state index contributed by atoms with van der Waals surface area (Å²) in [5.74, 6) is 14.7. The van der Waals surface area contributed by atoms with E-state index < -0.39 is 0 Å². The molecule has 2 aliphatic carbocycles. The van der Waals surface area contributed by atoms with Crippen molar-refractivity contribution in [1.29, 1.82) is 0 Å². The van der Waals surface area contributed by atoms with Crippen molar-refractivity contribution in [3.05, 3.63) is 154 Å². The second-order valence-electron chi connectivity index (χ2n) is 11.1. The molecule has 5 nitrogen and oxygen atoms in total. The van der Waals surface area contributed by atoms with Crippen LogP contribution < -0.4 is 4.74 Å². The van der Waals surface area contributed by atoms with Crippen molar-refractivity contribution in [2.45, 2.75) is 6.42 Å². The Morgan fingerprint density at radius 3 is 2.13 bits per heavy atom. The molecule has 47 heavy (non-hydrogen) atoms. The van der Waals surface area contributed by atoms with Crippen molar-refractivity contribution < 1.29 is 24.4 Å². The Morgan fingerprint density at radius 2 is 1.38 bits per heavy atom. The van der Waals surface area contributed by atoms with Crippen molar-refractivity contribution in [3.8, 4) is 29.4 Å². The van der Waals surface area contributed by atoms with Crippen LogP contribution in [0.25, 0.3) is 16.3 Å². The second-order valence-corrected chi connectivity index (χ2v) is 11.1. The number of hydrogen-bond donors (Lipinski definition) is 2. The van der Waals surface area contributed by atoms with E-state index in [4.69, 9.17) is 19.3 Å². The number of hydrogen-bond acceptors (Lipinski definition) is 5. The van der Waals surface area contributed by atoms with Crippen molar-refractivity contribution in [2.75, 3.05) is 39.6 Å². The summed E-state index contributed by atoms with van der Waals surface area (Å²) in [5.41, 5.74) is 6.86. The van der Waals surface area contributed by atoms with E-state index in [0.29, 0.717) is 24.7 Å². The second kappa shape index (κ2) is 15.8. The molecule has 0 amide bonds. The number of rotatable bonds is 10. The predicted molar refractivity (Wildman–Crippen MR) is 186 cm³/mol. The van der Waals surface area contributed by atoms with Crippen molar-refractivity contribution in [1.82, 2.24) is 0 Å². The van der Waals surface area contributed by atoms with E-state index >= 15 is 0 Å². The minimum atomic E-state index is -0.104. The summed E-state index contributed by atoms with van der Waals surface area (Å²) in [6.07, 6.45) is 9.20. The highest BCUT2D eigenvalue weighted by Gasteiger charge is 2.30. The summed E-state index contributed by atoms with van der Waals surface area (Å²) in [6, 6.07) is 30.2. The first-order valence-electron chi connectivity index (χ1n) is 15.8. The van der Waals surface area contributed by atoms with Crippen LogP contribution in [-0.2, 0) is 9.47 Å². The zero-order valence-corrected chi connectivity index (χ0v) is 26.1. The van der Waals surface area contributed by atoms with E-state index in [1.54, 1.807) is 0 Å². The van der Waals surface area contributed by atoms with Gasteiger partial charge in [0.1, 0.15) is 24.7 Å². The molecule has 0 bridgehead atoms. The molecule has 5 heteroatoms. The molecular formula is C42H36O5. The number of ether oxygens (including phenoxy) is 3. The molecule has 2 aliphatic rings. The minimum Gasteiger partial charge on any atom is -0.491 e. The SMILES string of the molecule is OCCOCCOC1=C(c2c(OCCO)ccc3cc(C#Cc4ccccc4)ccc23)C2=CC=C(C#Cc3ccccc3)CC2C=C1. The highest BCUT2D eigenvalue weighted by atomic mass is 16.5. The lowest BCUT2D eigenvalue weighted by molar-refractivity contribution is 0.0561. The summed E-state index contributed by atoms with van der Waals surface area (Å²) in [6.45, 7) is 0.946. The van der Waals surface area contributed by atoms with Crippen LogP contribution >= 0.6 is 0 Å². The van der Waals surface area contributed by atoms with Crippen LogP contribution in [0, 0.1) is 29.6 Å².